The SMILES string of the molecule is COc1ccc(/C=C(\C#N)C(=O)Nc2nnc(C)s2)cc1. The zero-order valence-corrected chi connectivity index (χ0v) is 12.3. The minimum atomic E-state index is -0.510. The van der Waals surface area contributed by atoms with E-state index in [1.54, 1.807) is 38.3 Å². The summed E-state index contributed by atoms with van der Waals surface area (Å²) in [7, 11) is 1.57. The van der Waals surface area contributed by atoms with E-state index in [0.717, 1.165) is 10.6 Å². The third-order valence-corrected chi connectivity index (χ3v) is 3.29. The topological polar surface area (TPSA) is 87.9 Å². The fourth-order valence-corrected chi connectivity index (χ4v) is 2.11. The molecule has 7 heteroatoms. The molecule has 1 amide bonds. The van der Waals surface area contributed by atoms with Crippen LogP contribution in [0.25, 0.3) is 6.08 Å². The molecule has 21 heavy (non-hydrogen) atoms. The number of hydrogen-bond donors (Lipinski definition) is 1. The smallest absolute Gasteiger partial charge is 0.268 e. The summed E-state index contributed by atoms with van der Waals surface area (Å²) in [6.45, 7) is 1.78. The second-order valence-electron chi connectivity index (χ2n) is 4.02. The molecule has 2 rings (SSSR count). The number of nitrogens with one attached hydrogen (secondary N) is 1. The quantitative estimate of drug-likeness (QED) is 0.692. The molecule has 0 aliphatic heterocycles. The number of amides is 1. The first-order chi connectivity index (χ1) is 10.1. The van der Waals surface area contributed by atoms with Gasteiger partial charge in [0, 0.05) is 0 Å². The van der Waals surface area contributed by atoms with Crippen LogP contribution in [-0.2, 0) is 4.79 Å². The van der Waals surface area contributed by atoms with Gasteiger partial charge in [0.25, 0.3) is 5.91 Å². The van der Waals surface area contributed by atoms with Crippen LogP contribution in [0.5, 0.6) is 5.75 Å². The predicted molar refractivity (Wildman–Crippen MR) is 79.9 cm³/mol. The maximum absolute atomic E-state index is 12.0. The Kier molecular flexibility index (Phi) is 4.64. The van der Waals surface area contributed by atoms with Gasteiger partial charge < -0.3 is 4.74 Å². The summed E-state index contributed by atoms with van der Waals surface area (Å²) in [5, 5.41) is 20.3. The van der Waals surface area contributed by atoms with Crippen LogP contribution in [0, 0.1) is 18.3 Å². The van der Waals surface area contributed by atoms with Gasteiger partial charge in [-0.25, -0.2) is 0 Å². The Hall–Kier alpha value is -2.72. The zero-order chi connectivity index (χ0) is 15.2. The Balaban J connectivity index is 2.15. The van der Waals surface area contributed by atoms with Gasteiger partial charge in [0.05, 0.1) is 7.11 Å². The molecule has 0 aliphatic rings. The van der Waals surface area contributed by atoms with Gasteiger partial charge in [-0.15, -0.1) is 10.2 Å². The van der Waals surface area contributed by atoms with Gasteiger partial charge in [-0.1, -0.05) is 23.5 Å². The lowest BCUT2D eigenvalue weighted by Gasteiger charge is -2.01. The number of carbonyl (C=O) groups excluding carboxylic acids is 1. The third-order valence-electron chi connectivity index (χ3n) is 2.54. The van der Waals surface area contributed by atoms with Crippen molar-refractivity contribution < 1.29 is 9.53 Å². The van der Waals surface area contributed by atoms with E-state index >= 15 is 0 Å². The highest BCUT2D eigenvalue weighted by Crippen LogP contribution is 2.17. The number of hydrogen-bond acceptors (Lipinski definition) is 6. The standard InChI is InChI=1S/C14H12N4O2S/c1-9-17-18-14(21-9)16-13(19)11(8-15)7-10-3-5-12(20-2)6-4-10/h3-7H,1-2H3,(H,16,18,19)/b11-7+. The third kappa shape index (κ3) is 3.87. The lowest BCUT2D eigenvalue weighted by Crippen LogP contribution is -2.13. The van der Waals surface area contributed by atoms with E-state index in [0.29, 0.717) is 10.9 Å². The number of methoxy groups -OCH3 is 1. The summed E-state index contributed by atoms with van der Waals surface area (Å²) in [6, 6.07) is 8.92. The summed E-state index contributed by atoms with van der Waals surface area (Å²) in [5.41, 5.74) is 0.726. The molecule has 0 bridgehead atoms. The van der Waals surface area contributed by atoms with Crippen LogP contribution in [-0.4, -0.2) is 23.2 Å². The molecular weight excluding hydrogens is 288 g/mol. The average molecular weight is 300 g/mol. The predicted octanol–water partition coefficient (Wildman–Crippen LogP) is 2.40. The molecular formula is C14H12N4O2S. The number of rotatable bonds is 4. The van der Waals surface area contributed by atoms with E-state index in [1.165, 1.54) is 17.4 Å². The summed E-state index contributed by atoms with van der Waals surface area (Å²) >= 11 is 1.25. The fourth-order valence-electron chi connectivity index (χ4n) is 1.53. The van der Waals surface area contributed by atoms with Gasteiger partial charge in [0.1, 0.15) is 22.4 Å². The number of nitriles is 1. The van der Waals surface area contributed by atoms with Gasteiger partial charge >= 0.3 is 0 Å². The number of nitrogens with zero attached hydrogens (tertiary/aromatic N) is 3. The maximum Gasteiger partial charge on any atom is 0.268 e. The number of benzene rings is 1. The lowest BCUT2D eigenvalue weighted by molar-refractivity contribution is -0.112. The Bertz CT molecular complexity index is 713. The van der Waals surface area contributed by atoms with Gasteiger partial charge in [-0.3, -0.25) is 10.1 Å². The molecule has 106 valence electrons. The number of ether oxygens (including phenoxy) is 1. The van der Waals surface area contributed by atoms with Crippen LogP contribution in [0.1, 0.15) is 10.6 Å². The highest BCUT2D eigenvalue weighted by molar-refractivity contribution is 7.15. The molecule has 1 heterocycles. The van der Waals surface area contributed by atoms with Crippen molar-refractivity contribution in [2.45, 2.75) is 6.92 Å². The molecule has 1 N–H and O–H groups in total. The Morgan fingerprint density at radius 1 is 1.38 bits per heavy atom. The molecule has 0 radical (unpaired) electrons. The number of anilines is 1. The Morgan fingerprint density at radius 3 is 2.62 bits per heavy atom. The van der Waals surface area contributed by atoms with Crippen molar-refractivity contribution in [3.05, 3.63) is 40.4 Å². The maximum atomic E-state index is 12.0. The summed E-state index contributed by atoms with van der Waals surface area (Å²) in [5.74, 6) is 0.198. The Morgan fingerprint density at radius 2 is 2.10 bits per heavy atom. The van der Waals surface area contributed by atoms with E-state index in [2.05, 4.69) is 15.5 Å². The molecule has 2 aromatic rings. The van der Waals surface area contributed by atoms with E-state index in [1.807, 2.05) is 6.07 Å². The van der Waals surface area contributed by atoms with E-state index < -0.39 is 5.91 Å². The highest BCUT2D eigenvalue weighted by Gasteiger charge is 2.11. The first kappa shape index (κ1) is 14.7. The van der Waals surface area contributed by atoms with Gasteiger partial charge in [0.15, 0.2) is 0 Å². The van der Waals surface area contributed by atoms with E-state index in [-0.39, 0.29) is 5.57 Å². The van der Waals surface area contributed by atoms with Crippen molar-refractivity contribution in [2.24, 2.45) is 0 Å². The lowest BCUT2D eigenvalue weighted by atomic mass is 10.1. The van der Waals surface area contributed by atoms with E-state index in [4.69, 9.17) is 10.00 Å². The molecule has 1 aromatic carbocycles. The summed E-state index contributed by atoms with van der Waals surface area (Å²) in [6.07, 6.45) is 1.50. The van der Waals surface area contributed by atoms with Gasteiger partial charge in [0.2, 0.25) is 5.13 Å². The molecule has 0 unspecified atom stereocenters. The van der Waals surface area contributed by atoms with Crippen LogP contribution >= 0.6 is 11.3 Å². The second-order valence-corrected chi connectivity index (χ2v) is 5.20. The largest absolute Gasteiger partial charge is 0.497 e. The van der Waals surface area contributed by atoms with Gasteiger partial charge in [-0.05, 0) is 30.7 Å². The molecule has 0 spiro atoms. The fraction of sp³-hybridized carbons (Fsp3) is 0.143. The molecule has 0 saturated carbocycles. The van der Waals surface area contributed by atoms with Crippen molar-refractivity contribution in [1.82, 2.24) is 10.2 Å². The van der Waals surface area contributed by atoms with Crippen molar-refractivity contribution in [3.63, 3.8) is 0 Å². The van der Waals surface area contributed by atoms with E-state index in [9.17, 15) is 4.79 Å². The molecule has 0 saturated heterocycles. The van der Waals surface area contributed by atoms with Crippen molar-refractivity contribution >= 4 is 28.5 Å². The van der Waals surface area contributed by atoms with Crippen LogP contribution in [0.2, 0.25) is 0 Å². The molecule has 1 aromatic heterocycles. The first-order valence-electron chi connectivity index (χ1n) is 5.99. The van der Waals surface area contributed by atoms with Crippen molar-refractivity contribution in [3.8, 4) is 11.8 Å². The number of carbonyl (C=O) groups is 1. The number of aromatic nitrogens is 2. The summed E-state index contributed by atoms with van der Waals surface area (Å²) < 4.78 is 5.05. The van der Waals surface area contributed by atoms with Crippen LogP contribution in [0.3, 0.4) is 0 Å². The van der Waals surface area contributed by atoms with Crippen LogP contribution in [0.4, 0.5) is 5.13 Å². The zero-order valence-electron chi connectivity index (χ0n) is 11.5. The molecule has 0 atom stereocenters. The van der Waals surface area contributed by atoms with Crippen molar-refractivity contribution in [1.29, 1.82) is 5.26 Å². The molecule has 0 fully saturated rings. The monoisotopic (exact) mass is 300 g/mol. The van der Waals surface area contributed by atoms with Crippen LogP contribution < -0.4 is 10.1 Å². The molecule has 6 nitrogen and oxygen atoms in total. The Labute approximate surface area is 125 Å². The number of aryl methyl sites for hydroxylation is 1. The average Bonchev–Trinajstić information content (AvgIpc) is 2.90. The molecule has 0 aliphatic carbocycles. The van der Waals surface area contributed by atoms with Gasteiger partial charge in [-0.2, -0.15) is 5.26 Å². The van der Waals surface area contributed by atoms with Crippen LogP contribution in [0.15, 0.2) is 29.8 Å². The van der Waals surface area contributed by atoms with Crippen molar-refractivity contribution in [2.75, 3.05) is 12.4 Å². The second kappa shape index (κ2) is 6.63. The minimum Gasteiger partial charge on any atom is -0.497 e. The summed E-state index contributed by atoms with van der Waals surface area (Å²) in [4.78, 5) is 12.0. The minimum absolute atomic E-state index is 0.00646. The normalized spacial score (nSPS) is 10.8. The highest BCUT2D eigenvalue weighted by atomic mass is 32.1. The first-order valence-corrected chi connectivity index (χ1v) is 6.81.